The van der Waals surface area contributed by atoms with Crippen molar-refractivity contribution in [3.8, 4) is 0 Å². The highest BCUT2D eigenvalue weighted by molar-refractivity contribution is 5.29. The summed E-state index contributed by atoms with van der Waals surface area (Å²) in [5.74, 6) is 0.865. The lowest BCUT2D eigenvalue weighted by Gasteiger charge is -2.22. The van der Waals surface area contributed by atoms with Crippen molar-refractivity contribution in [2.45, 2.75) is 52.6 Å². The first-order valence-electron chi connectivity index (χ1n) is 8.03. The smallest absolute Gasteiger partial charge is 0.0802 e. The van der Waals surface area contributed by atoms with Gasteiger partial charge in [-0.2, -0.15) is 0 Å². The minimum absolute atomic E-state index is 0.325. The molecule has 1 heterocycles. The van der Waals surface area contributed by atoms with Gasteiger partial charge in [0.15, 0.2) is 0 Å². The van der Waals surface area contributed by atoms with E-state index >= 15 is 0 Å². The zero-order valence-corrected chi connectivity index (χ0v) is 13.2. The molecule has 112 valence electrons. The Hall–Kier alpha value is -0.860. The summed E-state index contributed by atoms with van der Waals surface area (Å²) in [6.07, 6.45) is 4.49. The Labute approximate surface area is 123 Å². The molecular formula is C18H29NO. The molecule has 20 heavy (non-hydrogen) atoms. The van der Waals surface area contributed by atoms with Gasteiger partial charge in [-0.1, -0.05) is 36.2 Å². The Morgan fingerprint density at radius 1 is 1.15 bits per heavy atom. The van der Waals surface area contributed by atoms with E-state index < -0.39 is 0 Å². The van der Waals surface area contributed by atoms with Crippen LogP contribution in [-0.2, 0) is 0 Å². The van der Waals surface area contributed by atoms with E-state index in [1.807, 2.05) is 0 Å². The van der Waals surface area contributed by atoms with Gasteiger partial charge in [-0.25, -0.2) is 0 Å². The number of aryl methyl sites for hydroxylation is 2. The van der Waals surface area contributed by atoms with E-state index in [-0.39, 0.29) is 6.10 Å². The molecule has 1 saturated heterocycles. The molecule has 0 aromatic heterocycles. The van der Waals surface area contributed by atoms with E-state index in [1.54, 1.807) is 0 Å². The van der Waals surface area contributed by atoms with Gasteiger partial charge in [0.2, 0.25) is 0 Å². The van der Waals surface area contributed by atoms with E-state index in [0.717, 1.165) is 24.4 Å². The molecule has 1 fully saturated rings. The molecule has 0 spiro atoms. The Bertz CT molecular complexity index is 409. The Balaban J connectivity index is 1.86. The quantitative estimate of drug-likeness (QED) is 0.902. The van der Waals surface area contributed by atoms with Crippen molar-refractivity contribution in [2.24, 2.45) is 5.92 Å². The minimum atomic E-state index is -0.325. The van der Waals surface area contributed by atoms with Gasteiger partial charge >= 0.3 is 0 Å². The van der Waals surface area contributed by atoms with Crippen LogP contribution in [0.5, 0.6) is 0 Å². The highest BCUT2D eigenvalue weighted by Gasteiger charge is 2.15. The molecule has 0 amide bonds. The van der Waals surface area contributed by atoms with Crippen LogP contribution in [-0.4, -0.2) is 29.6 Å². The maximum atomic E-state index is 10.4. The minimum Gasteiger partial charge on any atom is -0.388 e. The average molecular weight is 275 g/mol. The number of aliphatic hydroxyl groups excluding tert-OH is 1. The van der Waals surface area contributed by atoms with Crippen LogP contribution in [0.4, 0.5) is 0 Å². The fourth-order valence-corrected chi connectivity index (χ4v) is 3.22. The van der Waals surface area contributed by atoms with Gasteiger partial charge in [0, 0.05) is 6.54 Å². The van der Waals surface area contributed by atoms with Crippen LogP contribution in [0.2, 0.25) is 0 Å². The number of hydrogen-bond acceptors (Lipinski definition) is 2. The molecule has 2 unspecified atom stereocenters. The lowest BCUT2D eigenvalue weighted by molar-refractivity contribution is 0.142. The van der Waals surface area contributed by atoms with Gasteiger partial charge in [-0.05, 0) is 64.1 Å². The van der Waals surface area contributed by atoms with Crippen LogP contribution in [0.3, 0.4) is 0 Å². The molecule has 0 radical (unpaired) electrons. The van der Waals surface area contributed by atoms with Gasteiger partial charge in [-0.3, -0.25) is 0 Å². The monoisotopic (exact) mass is 275 g/mol. The Morgan fingerprint density at radius 2 is 1.85 bits per heavy atom. The fraction of sp³-hybridized carbons (Fsp3) is 0.667. The van der Waals surface area contributed by atoms with E-state index in [9.17, 15) is 5.11 Å². The maximum absolute atomic E-state index is 10.4. The molecule has 2 nitrogen and oxygen atoms in total. The first-order valence-corrected chi connectivity index (χ1v) is 8.03. The van der Waals surface area contributed by atoms with Crippen LogP contribution < -0.4 is 0 Å². The molecule has 0 aliphatic carbocycles. The highest BCUT2D eigenvalue weighted by atomic mass is 16.3. The van der Waals surface area contributed by atoms with Crippen LogP contribution in [0.1, 0.15) is 55.4 Å². The SMILES string of the molecule is Cc1cc(C)cc(C(O)CCN2CCCC(C)CC2)c1. The molecule has 2 heteroatoms. The number of hydrogen-bond donors (Lipinski definition) is 1. The average Bonchev–Trinajstić information content (AvgIpc) is 2.59. The normalized spacial score (nSPS) is 22.5. The molecular weight excluding hydrogens is 246 g/mol. The summed E-state index contributed by atoms with van der Waals surface area (Å²) in [7, 11) is 0. The third-order valence-electron chi connectivity index (χ3n) is 4.46. The van der Waals surface area contributed by atoms with Crippen molar-refractivity contribution < 1.29 is 5.11 Å². The molecule has 1 aliphatic rings. The van der Waals surface area contributed by atoms with Gasteiger partial charge in [-0.15, -0.1) is 0 Å². The van der Waals surface area contributed by atoms with E-state index in [0.29, 0.717) is 0 Å². The summed E-state index contributed by atoms with van der Waals surface area (Å²) in [5, 5.41) is 10.4. The molecule has 1 N–H and O–H groups in total. The number of nitrogens with zero attached hydrogens (tertiary/aromatic N) is 1. The zero-order valence-electron chi connectivity index (χ0n) is 13.2. The molecule has 2 rings (SSSR count). The van der Waals surface area contributed by atoms with Crippen LogP contribution in [0, 0.1) is 19.8 Å². The van der Waals surface area contributed by atoms with Crippen molar-refractivity contribution in [3.63, 3.8) is 0 Å². The lowest BCUT2D eigenvalue weighted by Crippen LogP contribution is -2.27. The topological polar surface area (TPSA) is 23.5 Å². The molecule has 1 aromatic carbocycles. The molecule has 1 aromatic rings. The highest BCUT2D eigenvalue weighted by Crippen LogP contribution is 2.22. The van der Waals surface area contributed by atoms with E-state index in [4.69, 9.17) is 0 Å². The molecule has 0 bridgehead atoms. The lowest BCUT2D eigenvalue weighted by atomic mass is 10.0. The largest absolute Gasteiger partial charge is 0.388 e. The van der Waals surface area contributed by atoms with Crippen molar-refractivity contribution in [2.75, 3.05) is 19.6 Å². The van der Waals surface area contributed by atoms with Crippen molar-refractivity contribution >= 4 is 0 Å². The first kappa shape index (κ1) is 15.5. The van der Waals surface area contributed by atoms with Gasteiger partial charge < -0.3 is 10.0 Å². The molecule has 1 aliphatic heterocycles. The first-order chi connectivity index (χ1) is 9.54. The second kappa shape index (κ2) is 7.24. The van der Waals surface area contributed by atoms with Crippen LogP contribution >= 0.6 is 0 Å². The Morgan fingerprint density at radius 3 is 2.55 bits per heavy atom. The van der Waals surface area contributed by atoms with Crippen molar-refractivity contribution in [1.82, 2.24) is 4.90 Å². The number of aliphatic hydroxyl groups is 1. The number of rotatable bonds is 4. The third-order valence-corrected chi connectivity index (χ3v) is 4.46. The maximum Gasteiger partial charge on any atom is 0.0802 e. The van der Waals surface area contributed by atoms with Crippen LogP contribution in [0.25, 0.3) is 0 Å². The van der Waals surface area contributed by atoms with Gasteiger partial charge in [0.25, 0.3) is 0 Å². The standard InChI is InChI=1S/C18H29NO/c1-14-5-4-8-19(9-6-14)10-7-18(20)17-12-15(2)11-16(3)13-17/h11-14,18,20H,4-10H2,1-3H3. The summed E-state index contributed by atoms with van der Waals surface area (Å²) in [4.78, 5) is 2.52. The fourth-order valence-electron chi connectivity index (χ4n) is 3.22. The van der Waals surface area contributed by atoms with Gasteiger partial charge in [0.1, 0.15) is 0 Å². The van der Waals surface area contributed by atoms with Crippen molar-refractivity contribution in [1.29, 1.82) is 0 Å². The van der Waals surface area contributed by atoms with Gasteiger partial charge in [0.05, 0.1) is 6.10 Å². The summed E-state index contributed by atoms with van der Waals surface area (Å²) in [6, 6.07) is 6.39. The molecule has 0 saturated carbocycles. The summed E-state index contributed by atoms with van der Waals surface area (Å²) in [6.45, 7) is 9.96. The summed E-state index contributed by atoms with van der Waals surface area (Å²) < 4.78 is 0. The second-order valence-electron chi connectivity index (χ2n) is 6.60. The molecule has 2 atom stereocenters. The van der Waals surface area contributed by atoms with Crippen molar-refractivity contribution in [3.05, 3.63) is 34.9 Å². The third kappa shape index (κ3) is 4.60. The summed E-state index contributed by atoms with van der Waals surface area (Å²) >= 11 is 0. The predicted octanol–water partition coefficient (Wildman–Crippen LogP) is 3.85. The number of likely N-dealkylation sites (tertiary alicyclic amines) is 1. The number of benzene rings is 1. The van der Waals surface area contributed by atoms with Crippen LogP contribution in [0.15, 0.2) is 18.2 Å². The predicted molar refractivity (Wildman–Crippen MR) is 84.9 cm³/mol. The second-order valence-corrected chi connectivity index (χ2v) is 6.60. The van der Waals surface area contributed by atoms with E-state index in [1.165, 1.54) is 43.5 Å². The summed E-state index contributed by atoms with van der Waals surface area (Å²) in [5.41, 5.74) is 3.55. The Kier molecular flexibility index (Phi) is 5.62. The zero-order chi connectivity index (χ0) is 14.5. The van der Waals surface area contributed by atoms with E-state index in [2.05, 4.69) is 43.9 Å².